The molecule has 1 atom stereocenters. The molecule has 4 heteroatoms. The second-order valence-electron chi connectivity index (χ2n) is 5.41. The molecule has 0 aliphatic carbocycles. The molecule has 1 unspecified atom stereocenters. The van der Waals surface area contributed by atoms with Crippen molar-refractivity contribution in [2.45, 2.75) is 39.7 Å². The third-order valence-electron chi connectivity index (χ3n) is 4.28. The normalized spacial score (nSPS) is 13.0. The van der Waals surface area contributed by atoms with Gasteiger partial charge in [0.2, 0.25) is 0 Å². The van der Waals surface area contributed by atoms with Gasteiger partial charge in [-0.25, -0.2) is 0 Å². The fourth-order valence-corrected chi connectivity index (χ4v) is 3.24. The highest BCUT2D eigenvalue weighted by Crippen LogP contribution is 2.31. The maximum Gasteiger partial charge on any atom is 0.119 e. The van der Waals surface area contributed by atoms with E-state index in [0.717, 1.165) is 29.2 Å². The number of benzene rings is 1. The molecule has 21 heavy (non-hydrogen) atoms. The van der Waals surface area contributed by atoms with E-state index < -0.39 is 0 Å². The number of nitrogens with two attached hydrogens (primary N) is 1. The molecule has 1 aromatic rings. The maximum absolute atomic E-state index is 6.10. The number of nitrogens with zero attached hydrogens (tertiary/aromatic N) is 1. The number of hydrogen-bond acceptors (Lipinski definition) is 3. The molecule has 0 heterocycles. The first kappa shape index (κ1) is 18.5. The van der Waals surface area contributed by atoms with Crippen LogP contribution in [0.25, 0.3) is 0 Å². The van der Waals surface area contributed by atoms with E-state index in [1.54, 1.807) is 7.11 Å². The molecule has 0 radical (unpaired) electrons. The van der Waals surface area contributed by atoms with Crippen LogP contribution in [0.15, 0.2) is 22.7 Å². The summed E-state index contributed by atoms with van der Waals surface area (Å²) >= 11 is 3.66. The first-order chi connectivity index (χ1) is 10.1. The van der Waals surface area contributed by atoms with Gasteiger partial charge >= 0.3 is 0 Å². The van der Waals surface area contributed by atoms with Gasteiger partial charge < -0.3 is 10.5 Å². The van der Waals surface area contributed by atoms with Crippen LogP contribution in [0.1, 0.15) is 45.2 Å². The van der Waals surface area contributed by atoms with Crippen molar-refractivity contribution in [1.29, 1.82) is 0 Å². The molecule has 2 N–H and O–H groups in total. The predicted molar refractivity (Wildman–Crippen MR) is 93.8 cm³/mol. The summed E-state index contributed by atoms with van der Waals surface area (Å²) < 4.78 is 6.46. The molecule has 0 aliphatic rings. The Morgan fingerprint density at radius 2 is 1.90 bits per heavy atom. The summed E-state index contributed by atoms with van der Waals surface area (Å²) in [5.74, 6) is 1.61. The molecule has 120 valence electrons. The van der Waals surface area contributed by atoms with Crippen molar-refractivity contribution in [3.05, 3.63) is 28.2 Å². The van der Waals surface area contributed by atoms with Gasteiger partial charge in [-0.15, -0.1) is 0 Å². The Bertz CT molecular complexity index is 421. The third kappa shape index (κ3) is 4.97. The lowest BCUT2D eigenvalue weighted by Crippen LogP contribution is -2.37. The third-order valence-corrected chi connectivity index (χ3v) is 5.00. The molecule has 0 saturated carbocycles. The predicted octanol–water partition coefficient (Wildman–Crippen LogP) is 4.22. The molecule has 3 nitrogen and oxygen atoms in total. The number of ether oxygens (including phenoxy) is 1. The molecule has 0 bridgehead atoms. The van der Waals surface area contributed by atoms with Crippen molar-refractivity contribution in [2.24, 2.45) is 11.7 Å². The molecule has 0 aliphatic heterocycles. The fraction of sp³-hybridized carbons (Fsp3) is 0.647. The van der Waals surface area contributed by atoms with E-state index in [2.05, 4.69) is 47.7 Å². The highest BCUT2D eigenvalue weighted by Gasteiger charge is 2.22. The zero-order chi connectivity index (χ0) is 15.8. The standard InChI is InChI=1S/C17H29BrN2O/c1-5-13(6-2)12-20(7-3)17(11-19)15-10-14(21-4)8-9-16(15)18/h8-10,13,17H,5-7,11-12,19H2,1-4H3. The van der Waals surface area contributed by atoms with Crippen LogP contribution in [0.5, 0.6) is 5.75 Å². The SMILES string of the molecule is CCC(CC)CN(CC)C(CN)c1cc(OC)ccc1Br. The Balaban J connectivity index is 3.03. The van der Waals surface area contributed by atoms with Crippen molar-refractivity contribution < 1.29 is 4.74 Å². The second-order valence-corrected chi connectivity index (χ2v) is 6.26. The summed E-state index contributed by atoms with van der Waals surface area (Å²) in [5.41, 5.74) is 7.31. The molecule has 1 rings (SSSR count). The quantitative estimate of drug-likeness (QED) is 0.719. The number of halogens is 1. The van der Waals surface area contributed by atoms with Crippen molar-refractivity contribution in [2.75, 3.05) is 26.7 Å². The molecule has 0 spiro atoms. The Labute approximate surface area is 138 Å². The minimum absolute atomic E-state index is 0.222. The molecular formula is C17H29BrN2O. The van der Waals surface area contributed by atoms with Crippen molar-refractivity contribution in [3.8, 4) is 5.75 Å². The van der Waals surface area contributed by atoms with Gasteiger partial charge in [-0.2, -0.15) is 0 Å². The first-order valence-corrected chi connectivity index (χ1v) is 8.67. The first-order valence-electron chi connectivity index (χ1n) is 7.88. The Kier molecular flexibility index (Phi) is 8.30. The summed E-state index contributed by atoms with van der Waals surface area (Å²) in [6.45, 7) is 9.44. The zero-order valence-electron chi connectivity index (χ0n) is 13.7. The lowest BCUT2D eigenvalue weighted by molar-refractivity contribution is 0.173. The maximum atomic E-state index is 6.10. The van der Waals surface area contributed by atoms with Crippen LogP contribution >= 0.6 is 15.9 Å². The van der Waals surface area contributed by atoms with Gasteiger partial charge in [-0.3, -0.25) is 4.90 Å². The number of methoxy groups -OCH3 is 1. The minimum atomic E-state index is 0.222. The number of hydrogen-bond donors (Lipinski definition) is 1. The van der Waals surface area contributed by atoms with E-state index in [1.807, 2.05) is 12.1 Å². The Hall–Kier alpha value is -0.580. The van der Waals surface area contributed by atoms with Gasteiger partial charge in [-0.05, 0) is 36.2 Å². The highest BCUT2D eigenvalue weighted by molar-refractivity contribution is 9.10. The average Bonchev–Trinajstić information content (AvgIpc) is 2.52. The summed E-state index contributed by atoms with van der Waals surface area (Å²) in [7, 11) is 1.70. The summed E-state index contributed by atoms with van der Waals surface area (Å²) in [6.07, 6.45) is 2.42. The van der Waals surface area contributed by atoms with Crippen molar-refractivity contribution in [1.82, 2.24) is 4.90 Å². The average molecular weight is 357 g/mol. The number of likely N-dealkylation sites (N-methyl/N-ethyl adjacent to an activating group) is 1. The van der Waals surface area contributed by atoms with E-state index in [4.69, 9.17) is 10.5 Å². The van der Waals surface area contributed by atoms with Crippen molar-refractivity contribution >= 4 is 15.9 Å². The van der Waals surface area contributed by atoms with Crippen LogP contribution in [0.4, 0.5) is 0 Å². The molecule has 0 aromatic heterocycles. The largest absolute Gasteiger partial charge is 0.497 e. The van der Waals surface area contributed by atoms with Crippen LogP contribution in [0.2, 0.25) is 0 Å². The van der Waals surface area contributed by atoms with Crippen LogP contribution < -0.4 is 10.5 Å². The molecule has 0 amide bonds. The summed E-state index contributed by atoms with van der Waals surface area (Å²) in [6, 6.07) is 6.33. The van der Waals surface area contributed by atoms with Gasteiger partial charge in [-0.1, -0.05) is 49.5 Å². The summed E-state index contributed by atoms with van der Waals surface area (Å²) in [4.78, 5) is 2.48. The van der Waals surface area contributed by atoms with Gasteiger partial charge in [0, 0.05) is 23.6 Å². The van der Waals surface area contributed by atoms with E-state index >= 15 is 0 Å². The van der Waals surface area contributed by atoms with E-state index in [0.29, 0.717) is 6.54 Å². The van der Waals surface area contributed by atoms with Gasteiger partial charge in [0.05, 0.1) is 7.11 Å². The minimum Gasteiger partial charge on any atom is -0.497 e. The van der Waals surface area contributed by atoms with Crippen LogP contribution in [0, 0.1) is 5.92 Å². The monoisotopic (exact) mass is 356 g/mol. The van der Waals surface area contributed by atoms with Crippen molar-refractivity contribution in [3.63, 3.8) is 0 Å². The van der Waals surface area contributed by atoms with Gasteiger partial charge in [0.25, 0.3) is 0 Å². The lowest BCUT2D eigenvalue weighted by Gasteiger charge is -2.33. The summed E-state index contributed by atoms with van der Waals surface area (Å²) in [5, 5.41) is 0. The second kappa shape index (κ2) is 9.44. The molecule has 0 fully saturated rings. The smallest absolute Gasteiger partial charge is 0.119 e. The van der Waals surface area contributed by atoms with E-state index in [-0.39, 0.29) is 6.04 Å². The van der Waals surface area contributed by atoms with E-state index in [1.165, 1.54) is 18.4 Å². The van der Waals surface area contributed by atoms with Gasteiger partial charge in [0.15, 0.2) is 0 Å². The van der Waals surface area contributed by atoms with Gasteiger partial charge in [0.1, 0.15) is 5.75 Å². The number of rotatable bonds is 9. The van der Waals surface area contributed by atoms with Crippen LogP contribution in [-0.2, 0) is 0 Å². The Morgan fingerprint density at radius 1 is 1.24 bits per heavy atom. The fourth-order valence-electron chi connectivity index (χ4n) is 2.73. The highest BCUT2D eigenvalue weighted by atomic mass is 79.9. The zero-order valence-corrected chi connectivity index (χ0v) is 15.3. The topological polar surface area (TPSA) is 38.5 Å². The Morgan fingerprint density at radius 3 is 2.38 bits per heavy atom. The molecule has 1 aromatic carbocycles. The molecular weight excluding hydrogens is 328 g/mol. The lowest BCUT2D eigenvalue weighted by atomic mass is 9.99. The van der Waals surface area contributed by atoms with E-state index in [9.17, 15) is 0 Å². The molecule has 0 saturated heterocycles. The van der Waals surface area contributed by atoms with Crippen LogP contribution in [0.3, 0.4) is 0 Å². The van der Waals surface area contributed by atoms with Crippen LogP contribution in [-0.4, -0.2) is 31.6 Å².